The molecule has 1 rings (SSSR count). The molecule has 0 aromatic rings. The highest BCUT2D eigenvalue weighted by Gasteiger charge is 2.16. The van der Waals surface area contributed by atoms with Gasteiger partial charge in [-0.2, -0.15) is 0 Å². The quantitative estimate of drug-likeness (QED) is 0.381. The van der Waals surface area contributed by atoms with Crippen molar-refractivity contribution in [3.63, 3.8) is 0 Å². The van der Waals surface area contributed by atoms with Gasteiger partial charge in [-0.3, -0.25) is 0 Å². The standard InChI is InChI=1S/C16H28O3/c1-3-5-11-19-16(17)15(13-18-4-2)12-14-9-7-6-8-10-14/h12,14H,3-11,13H2,1-2H3. The molecule has 0 unspecified atom stereocenters. The van der Waals surface area contributed by atoms with Crippen LogP contribution in [0.25, 0.3) is 0 Å². The number of carbonyl (C=O) groups is 1. The lowest BCUT2D eigenvalue weighted by Gasteiger charge is -2.19. The molecule has 0 aromatic carbocycles. The minimum Gasteiger partial charge on any atom is -0.462 e. The Kier molecular flexibility index (Phi) is 8.55. The maximum absolute atomic E-state index is 12.0. The third-order valence-electron chi connectivity index (χ3n) is 3.54. The van der Waals surface area contributed by atoms with Crippen LogP contribution in [0.2, 0.25) is 0 Å². The molecule has 1 aliphatic carbocycles. The lowest BCUT2D eigenvalue weighted by Crippen LogP contribution is -2.16. The van der Waals surface area contributed by atoms with E-state index in [1.807, 2.05) is 6.92 Å². The summed E-state index contributed by atoms with van der Waals surface area (Å²) in [5.74, 6) is 0.343. The second-order valence-corrected chi connectivity index (χ2v) is 5.22. The van der Waals surface area contributed by atoms with Gasteiger partial charge < -0.3 is 9.47 Å². The van der Waals surface area contributed by atoms with E-state index < -0.39 is 0 Å². The number of hydrogen-bond donors (Lipinski definition) is 0. The van der Waals surface area contributed by atoms with Crippen molar-refractivity contribution in [2.75, 3.05) is 19.8 Å². The molecule has 0 aromatic heterocycles. The Morgan fingerprint density at radius 2 is 1.95 bits per heavy atom. The molecule has 0 radical (unpaired) electrons. The Morgan fingerprint density at radius 3 is 2.58 bits per heavy atom. The topological polar surface area (TPSA) is 35.5 Å². The van der Waals surface area contributed by atoms with Gasteiger partial charge in [0.25, 0.3) is 0 Å². The summed E-state index contributed by atoms with van der Waals surface area (Å²) in [5, 5.41) is 0. The Morgan fingerprint density at radius 1 is 1.21 bits per heavy atom. The first-order valence-electron chi connectivity index (χ1n) is 7.73. The van der Waals surface area contributed by atoms with Crippen molar-refractivity contribution >= 4 is 5.97 Å². The van der Waals surface area contributed by atoms with Crippen molar-refractivity contribution in [3.8, 4) is 0 Å². The van der Waals surface area contributed by atoms with E-state index >= 15 is 0 Å². The number of unbranched alkanes of at least 4 members (excludes halogenated alkanes) is 1. The second-order valence-electron chi connectivity index (χ2n) is 5.22. The van der Waals surface area contributed by atoms with Crippen LogP contribution in [0.1, 0.15) is 58.8 Å². The minimum absolute atomic E-state index is 0.188. The predicted octanol–water partition coefficient (Wildman–Crippen LogP) is 3.87. The van der Waals surface area contributed by atoms with E-state index in [9.17, 15) is 4.79 Å². The van der Waals surface area contributed by atoms with E-state index in [0.717, 1.165) is 12.8 Å². The molecule has 0 atom stereocenters. The molecule has 0 heterocycles. The Balaban J connectivity index is 2.52. The molecule has 1 saturated carbocycles. The maximum atomic E-state index is 12.0. The lowest BCUT2D eigenvalue weighted by molar-refractivity contribution is -0.139. The third kappa shape index (κ3) is 6.76. The molecule has 0 spiro atoms. The van der Waals surface area contributed by atoms with Gasteiger partial charge in [0.15, 0.2) is 0 Å². The van der Waals surface area contributed by atoms with Gasteiger partial charge in [0.05, 0.1) is 18.8 Å². The average Bonchev–Trinajstić information content (AvgIpc) is 2.44. The van der Waals surface area contributed by atoms with Crippen molar-refractivity contribution in [2.45, 2.75) is 58.8 Å². The summed E-state index contributed by atoms with van der Waals surface area (Å²) in [6, 6.07) is 0. The SMILES string of the molecule is CCCCOC(=O)C(=CC1CCCCC1)COCC. The van der Waals surface area contributed by atoms with Crippen molar-refractivity contribution in [2.24, 2.45) is 5.92 Å². The number of esters is 1. The number of allylic oxidation sites excluding steroid dienone is 1. The molecule has 0 amide bonds. The van der Waals surface area contributed by atoms with Crippen molar-refractivity contribution in [1.82, 2.24) is 0 Å². The average molecular weight is 268 g/mol. The normalized spacial score (nSPS) is 17.5. The summed E-state index contributed by atoms with van der Waals surface area (Å²) in [6.07, 6.45) is 10.3. The van der Waals surface area contributed by atoms with Gasteiger partial charge in [-0.05, 0) is 32.1 Å². The molecule has 0 aliphatic heterocycles. The smallest absolute Gasteiger partial charge is 0.336 e. The Hall–Kier alpha value is -0.830. The fourth-order valence-corrected chi connectivity index (χ4v) is 2.37. The summed E-state index contributed by atoms with van der Waals surface area (Å²) in [4.78, 5) is 12.0. The van der Waals surface area contributed by atoms with Crippen molar-refractivity contribution in [1.29, 1.82) is 0 Å². The monoisotopic (exact) mass is 268 g/mol. The van der Waals surface area contributed by atoms with Crippen LogP contribution in [0.4, 0.5) is 0 Å². The zero-order chi connectivity index (χ0) is 13.9. The van der Waals surface area contributed by atoms with Crippen LogP contribution in [-0.4, -0.2) is 25.8 Å². The van der Waals surface area contributed by atoms with Gasteiger partial charge >= 0.3 is 5.97 Å². The number of ether oxygens (including phenoxy) is 2. The van der Waals surface area contributed by atoms with Crippen molar-refractivity contribution in [3.05, 3.63) is 11.6 Å². The molecular weight excluding hydrogens is 240 g/mol. The van der Waals surface area contributed by atoms with Gasteiger partial charge in [0, 0.05) is 6.61 Å². The highest BCUT2D eigenvalue weighted by Crippen LogP contribution is 2.26. The lowest BCUT2D eigenvalue weighted by atomic mass is 9.88. The molecule has 19 heavy (non-hydrogen) atoms. The summed E-state index contributed by atoms with van der Waals surface area (Å²) in [5.41, 5.74) is 0.713. The molecule has 110 valence electrons. The van der Waals surface area contributed by atoms with E-state index in [1.165, 1.54) is 32.1 Å². The highest BCUT2D eigenvalue weighted by molar-refractivity contribution is 5.88. The van der Waals surface area contributed by atoms with Crippen LogP contribution in [0.3, 0.4) is 0 Å². The van der Waals surface area contributed by atoms with Crippen LogP contribution >= 0.6 is 0 Å². The van der Waals surface area contributed by atoms with Gasteiger partial charge in [0.1, 0.15) is 0 Å². The second kappa shape index (κ2) is 10.0. The first kappa shape index (κ1) is 16.2. The summed E-state index contributed by atoms with van der Waals surface area (Å²) >= 11 is 0. The summed E-state index contributed by atoms with van der Waals surface area (Å²) in [7, 11) is 0. The molecule has 0 saturated heterocycles. The van der Waals surface area contributed by atoms with E-state index in [-0.39, 0.29) is 5.97 Å². The molecular formula is C16H28O3. The highest BCUT2D eigenvalue weighted by atomic mass is 16.5. The van der Waals surface area contributed by atoms with E-state index in [2.05, 4.69) is 13.0 Å². The fraction of sp³-hybridized carbons (Fsp3) is 0.812. The van der Waals surface area contributed by atoms with Gasteiger partial charge in [-0.1, -0.05) is 38.7 Å². The zero-order valence-electron chi connectivity index (χ0n) is 12.5. The molecule has 3 nitrogen and oxygen atoms in total. The molecule has 1 aliphatic rings. The van der Waals surface area contributed by atoms with Crippen LogP contribution < -0.4 is 0 Å². The van der Waals surface area contributed by atoms with E-state index in [0.29, 0.717) is 31.3 Å². The van der Waals surface area contributed by atoms with Gasteiger partial charge in [0.2, 0.25) is 0 Å². The van der Waals surface area contributed by atoms with Gasteiger partial charge in [-0.25, -0.2) is 4.79 Å². The summed E-state index contributed by atoms with van der Waals surface area (Å²) < 4.78 is 10.7. The fourth-order valence-electron chi connectivity index (χ4n) is 2.37. The van der Waals surface area contributed by atoms with Crippen LogP contribution in [0, 0.1) is 5.92 Å². The van der Waals surface area contributed by atoms with Crippen LogP contribution in [0.5, 0.6) is 0 Å². The van der Waals surface area contributed by atoms with E-state index in [4.69, 9.17) is 9.47 Å². The third-order valence-corrected chi connectivity index (χ3v) is 3.54. The minimum atomic E-state index is -0.188. The van der Waals surface area contributed by atoms with Crippen LogP contribution in [0.15, 0.2) is 11.6 Å². The number of rotatable bonds is 8. The van der Waals surface area contributed by atoms with Gasteiger partial charge in [-0.15, -0.1) is 0 Å². The van der Waals surface area contributed by atoms with Crippen LogP contribution in [-0.2, 0) is 14.3 Å². The first-order valence-corrected chi connectivity index (χ1v) is 7.73. The van der Waals surface area contributed by atoms with E-state index in [1.54, 1.807) is 0 Å². The first-order chi connectivity index (χ1) is 9.27. The number of carbonyl (C=O) groups excluding carboxylic acids is 1. The van der Waals surface area contributed by atoms with Crippen molar-refractivity contribution < 1.29 is 14.3 Å². The zero-order valence-corrected chi connectivity index (χ0v) is 12.5. The molecule has 0 N–H and O–H groups in total. The largest absolute Gasteiger partial charge is 0.462 e. The number of hydrogen-bond acceptors (Lipinski definition) is 3. The maximum Gasteiger partial charge on any atom is 0.336 e. The predicted molar refractivity (Wildman–Crippen MR) is 77.0 cm³/mol. The molecule has 1 fully saturated rings. The molecule has 3 heteroatoms. The Labute approximate surface area is 117 Å². The Bertz CT molecular complexity index is 278. The molecule has 0 bridgehead atoms. The summed E-state index contributed by atoms with van der Waals surface area (Å²) in [6.45, 7) is 5.57.